The SMILES string of the molecule is CCN(CCC#N)CC(=O)Nc1ccc(N)cc1C. The fourth-order valence-electron chi connectivity index (χ4n) is 1.78. The zero-order chi connectivity index (χ0) is 14.3. The van der Waals surface area contributed by atoms with Gasteiger partial charge in [-0.05, 0) is 37.2 Å². The quantitative estimate of drug-likeness (QED) is 0.763. The fourth-order valence-corrected chi connectivity index (χ4v) is 1.78. The molecule has 0 bridgehead atoms. The summed E-state index contributed by atoms with van der Waals surface area (Å²) in [6.45, 7) is 5.53. The second kappa shape index (κ2) is 7.39. The average molecular weight is 260 g/mol. The van der Waals surface area contributed by atoms with Gasteiger partial charge in [-0.1, -0.05) is 6.92 Å². The van der Waals surface area contributed by atoms with Crippen LogP contribution in [0, 0.1) is 18.3 Å². The molecule has 5 nitrogen and oxygen atoms in total. The van der Waals surface area contributed by atoms with Crippen molar-refractivity contribution < 1.29 is 4.79 Å². The Kier molecular flexibility index (Phi) is 5.83. The minimum atomic E-state index is -0.0762. The maximum absolute atomic E-state index is 11.9. The largest absolute Gasteiger partial charge is 0.399 e. The lowest BCUT2D eigenvalue weighted by atomic mass is 10.2. The minimum absolute atomic E-state index is 0.0762. The molecule has 0 saturated carbocycles. The molecular weight excluding hydrogens is 240 g/mol. The van der Waals surface area contributed by atoms with Gasteiger partial charge in [0.05, 0.1) is 12.6 Å². The molecule has 0 unspecified atom stereocenters. The molecule has 0 aromatic heterocycles. The number of anilines is 2. The number of hydrogen-bond donors (Lipinski definition) is 2. The molecule has 0 atom stereocenters. The topological polar surface area (TPSA) is 82.2 Å². The van der Waals surface area contributed by atoms with E-state index >= 15 is 0 Å². The van der Waals surface area contributed by atoms with Gasteiger partial charge < -0.3 is 11.1 Å². The highest BCUT2D eigenvalue weighted by atomic mass is 16.2. The average Bonchev–Trinajstić information content (AvgIpc) is 2.38. The van der Waals surface area contributed by atoms with Crippen LogP contribution in [0.25, 0.3) is 0 Å². The number of carbonyl (C=O) groups excluding carboxylic acids is 1. The van der Waals surface area contributed by atoms with Gasteiger partial charge in [-0.2, -0.15) is 5.26 Å². The number of hydrogen-bond acceptors (Lipinski definition) is 4. The van der Waals surface area contributed by atoms with Crippen molar-refractivity contribution >= 4 is 17.3 Å². The number of aryl methyl sites for hydroxylation is 1. The molecule has 0 fully saturated rings. The number of benzene rings is 1. The Morgan fingerprint density at radius 3 is 2.84 bits per heavy atom. The van der Waals surface area contributed by atoms with E-state index in [2.05, 4.69) is 11.4 Å². The number of nitrogen functional groups attached to an aromatic ring is 1. The Bertz CT molecular complexity index is 479. The highest BCUT2D eigenvalue weighted by Crippen LogP contribution is 2.17. The monoisotopic (exact) mass is 260 g/mol. The zero-order valence-electron chi connectivity index (χ0n) is 11.4. The van der Waals surface area contributed by atoms with Gasteiger partial charge in [-0.25, -0.2) is 0 Å². The van der Waals surface area contributed by atoms with Crippen LogP contribution in [0.2, 0.25) is 0 Å². The van der Waals surface area contributed by atoms with E-state index in [4.69, 9.17) is 11.0 Å². The third kappa shape index (κ3) is 4.98. The molecule has 0 aliphatic rings. The van der Waals surface area contributed by atoms with E-state index in [0.29, 0.717) is 25.2 Å². The number of nitrogens with two attached hydrogens (primary N) is 1. The van der Waals surface area contributed by atoms with Crippen molar-refractivity contribution in [2.75, 3.05) is 30.7 Å². The lowest BCUT2D eigenvalue weighted by Gasteiger charge is -2.18. The number of nitriles is 1. The Morgan fingerprint density at radius 2 is 2.26 bits per heavy atom. The van der Waals surface area contributed by atoms with Crippen LogP contribution in [0.1, 0.15) is 18.9 Å². The van der Waals surface area contributed by atoms with E-state index in [9.17, 15) is 4.79 Å². The maximum Gasteiger partial charge on any atom is 0.238 e. The number of nitrogens with one attached hydrogen (secondary N) is 1. The summed E-state index contributed by atoms with van der Waals surface area (Å²) in [6, 6.07) is 7.47. The molecule has 1 aromatic rings. The van der Waals surface area contributed by atoms with Crippen LogP contribution in [-0.2, 0) is 4.79 Å². The Hall–Kier alpha value is -2.06. The fraction of sp³-hybridized carbons (Fsp3) is 0.429. The molecule has 1 amide bonds. The minimum Gasteiger partial charge on any atom is -0.399 e. The van der Waals surface area contributed by atoms with E-state index in [-0.39, 0.29) is 5.91 Å². The normalized spacial score (nSPS) is 10.2. The van der Waals surface area contributed by atoms with Crippen LogP contribution in [0.3, 0.4) is 0 Å². The summed E-state index contributed by atoms with van der Waals surface area (Å²) in [5.41, 5.74) is 8.06. The summed E-state index contributed by atoms with van der Waals surface area (Å²) < 4.78 is 0. The van der Waals surface area contributed by atoms with Crippen molar-refractivity contribution in [1.29, 1.82) is 5.26 Å². The summed E-state index contributed by atoms with van der Waals surface area (Å²) in [7, 11) is 0. The maximum atomic E-state index is 11.9. The molecule has 0 spiro atoms. The molecule has 0 saturated heterocycles. The van der Waals surface area contributed by atoms with Gasteiger partial charge in [0.25, 0.3) is 0 Å². The number of carbonyl (C=O) groups is 1. The van der Waals surface area contributed by atoms with Crippen LogP contribution >= 0.6 is 0 Å². The van der Waals surface area contributed by atoms with Crippen molar-refractivity contribution in [3.05, 3.63) is 23.8 Å². The lowest BCUT2D eigenvalue weighted by Crippen LogP contribution is -2.33. The first-order chi connectivity index (χ1) is 9.06. The summed E-state index contributed by atoms with van der Waals surface area (Å²) in [5, 5.41) is 11.4. The Morgan fingerprint density at radius 1 is 1.53 bits per heavy atom. The molecule has 0 heterocycles. The van der Waals surface area contributed by atoms with Gasteiger partial charge in [-0.3, -0.25) is 9.69 Å². The van der Waals surface area contributed by atoms with Crippen LogP contribution in [0.5, 0.6) is 0 Å². The van der Waals surface area contributed by atoms with Crippen LogP contribution in [0.15, 0.2) is 18.2 Å². The molecule has 19 heavy (non-hydrogen) atoms. The number of amides is 1. The molecule has 1 aromatic carbocycles. The van der Waals surface area contributed by atoms with E-state index < -0.39 is 0 Å². The van der Waals surface area contributed by atoms with Crippen molar-refractivity contribution in [2.24, 2.45) is 0 Å². The third-order valence-electron chi connectivity index (χ3n) is 2.88. The summed E-state index contributed by atoms with van der Waals surface area (Å²) in [5.74, 6) is -0.0762. The van der Waals surface area contributed by atoms with Gasteiger partial charge in [0.1, 0.15) is 0 Å². The molecule has 0 aliphatic carbocycles. The molecule has 102 valence electrons. The van der Waals surface area contributed by atoms with Crippen molar-refractivity contribution in [3.63, 3.8) is 0 Å². The first kappa shape index (κ1) is 15.0. The third-order valence-corrected chi connectivity index (χ3v) is 2.88. The second-order valence-corrected chi connectivity index (χ2v) is 4.40. The molecule has 1 rings (SSSR count). The smallest absolute Gasteiger partial charge is 0.238 e. The molecule has 0 radical (unpaired) electrons. The van der Waals surface area contributed by atoms with E-state index in [1.165, 1.54) is 0 Å². The zero-order valence-corrected chi connectivity index (χ0v) is 11.4. The summed E-state index contributed by atoms with van der Waals surface area (Å²) >= 11 is 0. The number of nitrogens with zero attached hydrogens (tertiary/aromatic N) is 2. The number of rotatable bonds is 6. The predicted molar refractivity (Wildman–Crippen MR) is 76.6 cm³/mol. The Balaban J connectivity index is 2.57. The van der Waals surface area contributed by atoms with Crippen molar-refractivity contribution in [1.82, 2.24) is 4.90 Å². The standard InChI is InChI=1S/C14H20N4O/c1-3-18(8-4-7-15)10-14(19)17-13-6-5-12(16)9-11(13)2/h5-6,9H,3-4,8,10,16H2,1-2H3,(H,17,19). The molecule has 3 N–H and O–H groups in total. The highest BCUT2D eigenvalue weighted by Gasteiger charge is 2.10. The van der Waals surface area contributed by atoms with Gasteiger partial charge in [0.15, 0.2) is 0 Å². The summed E-state index contributed by atoms with van der Waals surface area (Å²) in [6.07, 6.45) is 0.433. The van der Waals surface area contributed by atoms with E-state index in [1.54, 1.807) is 12.1 Å². The van der Waals surface area contributed by atoms with Crippen molar-refractivity contribution in [2.45, 2.75) is 20.3 Å². The van der Waals surface area contributed by atoms with Crippen LogP contribution < -0.4 is 11.1 Å². The lowest BCUT2D eigenvalue weighted by molar-refractivity contribution is -0.117. The predicted octanol–water partition coefficient (Wildman–Crippen LogP) is 1.75. The van der Waals surface area contributed by atoms with Gasteiger partial charge in [0.2, 0.25) is 5.91 Å². The first-order valence-corrected chi connectivity index (χ1v) is 6.32. The van der Waals surface area contributed by atoms with E-state index in [0.717, 1.165) is 17.8 Å². The number of likely N-dealkylation sites (N-methyl/N-ethyl adjacent to an activating group) is 1. The van der Waals surface area contributed by atoms with Crippen molar-refractivity contribution in [3.8, 4) is 6.07 Å². The molecule has 5 heteroatoms. The van der Waals surface area contributed by atoms with Gasteiger partial charge in [0, 0.05) is 24.3 Å². The highest BCUT2D eigenvalue weighted by molar-refractivity contribution is 5.93. The first-order valence-electron chi connectivity index (χ1n) is 6.32. The van der Waals surface area contributed by atoms with Gasteiger partial charge >= 0.3 is 0 Å². The van der Waals surface area contributed by atoms with Gasteiger partial charge in [-0.15, -0.1) is 0 Å². The second-order valence-electron chi connectivity index (χ2n) is 4.40. The molecular formula is C14H20N4O. The van der Waals surface area contributed by atoms with E-state index in [1.807, 2.05) is 24.8 Å². The van der Waals surface area contributed by atoms with Crippen LogP contribution in [-0.4, -0.2) is 30.4 Å². The molecule has 0 aliphatic heterocycles. The van der Waals surface area contributed by atoms with Crippen LogP contribution in [0.4, 0.5) is 11.4 Å². The Labute approximate surface area is 114 Å². The summed E-state index contributed by atoms with van der Waals surface area (Å²) in [4.78, 5) is 13.9.